The summed E-state index contributed by atoms with van der Waals surface area (Å²) >= 11 is 0. The molecule has 0 fully saturated rings. The molecule has 0 unspecified atom stereocenters. The van der Waals surface area contributed by atoms with Crippen molar-refractivity contribution in [2.45, 2.75) is 12.1 Å². The Hall–Kier alpha value is -2.98. The molecule has 8 nitrogen and oxygen atoms in total. The molecule has 0 aliphatic carbocycles. The number of carbonyl (C=O) groups excluding carboxylic acids is 2. The number of carboxylic acids is 2. The van der Waals surface area contributed by atoms with Gasteiger partial charge in [0.15, 0.2) is 0 Å². The largest absolute Gasteiger partial charge is 0.480 e. The smallest absolute Gasteiger partial charge is 0.327 e. The fourth-order valence-electron chi connectivity index (χ4n) is 2.24. The van der Waals surface area contributed by atoms with Gasteiger partial charge in [0.2, 0.25) is 0 Å². The Labute approximate surface area is 180 Å². The van der Waals surface area contributed by atoms with E-state index in [0.717, 1.165) is 21.6 Å². The second-order valence-corrected chi connectivity index (χ2v) is 8.58. The molecular weight excluding hydrogens is 428 g/mol. The molecule has 2 amide bonds. The maximum atomic E-state index is 12.1. The first-order chi connectivity index (χ1) is 14.4. The molecule has 2 rings (SSSR count). The second kappa shape index (κ2) is 11.9. The normalized spacial score (nSPS) is 12.4. The van der Waals surface area contributed by atoms with E-state index in [4.69, 9.17) is 0 Å². The van der Waals surface area contributed by atoms with E-state index in [-0.39, 0.29) is 11.5 Å². The van der Waals surface area contributed by atoms with E-state index in [1.807, 2.05) is 0 Å². The second-order valence-electron chi connectivity index (χ2n) is 6.03. The van der Waals surface area contributed by atoms with Crippen LogP contribution in [0.15, 0.2) is 60.7 Å². The molecule has 0 bridgehead atoms. The molecule has 0 saturated carbocycles. The van der Waals surface area contributed by atoms with Crippen LogP contribution >= 0.6 is 21.6 Å². The lowest BCUT2D eigenvalue weighted by Crippen LogP contribution is -2.43. The van der Waals surface area contributed by atoms with Gasteiger partial charge in [-0.15, -0.1) is 0 Å². The molecule has 0 radical (unpaired) electrons. The molecule has 10 heteroatoms. The van der Waals surface area contributed by atoms with Gasteiger partial charge in [0.1, 0.15) is 12.1 Å². The number of amides is 2. The van der Waals surface area contributed by atoms with Gasteiger partial charge in [0.05, 0.1) is 0 Å². The van der Waals surface area contributed by atoms with Crippen LogP contribution in [0.3, 0.4) is 0 Å². The first kappa shape index (κ1) is 23.3. The molecule has 0 saturated heterocycles. The third-order valence-corrected chi connectivity index (χ3v) is 6.25. The number of hydrogen-bond donors (Lipinski definition) is 4. The average Bonchev–Trinajstić information content (AvgIpc) is 2.75. The van der Waals surface area contributed by atoms with E-state index in [0.29, 0.717) is 11.1 Å². The minimum Gasteiger partial charge on any atom is -0.480 e. The van der Waals surface area contributed by atoms with E-state index in [9.17, 15) is 29.4 Å². The summed E-state index contributed by atoms with van der Waals surface area (Å²) < 4.78 is 0. The van der Waals surface area contributed by atoms with E-state index in [2.05, 4.69) is 10.6 Å². The highest BCUT2D eigenvalue weighted by atomic mass is 33.1. The number of carboxylic acid groups (broad SMARTS) is 2. The zero-order chi connectivity index (χ0) is 21.9. The Balaban J connectivity index is 1.83. The topological polar surface area (TPSA) is 133 Å². The summed E-state index contributed by atoms with van der Waals surface area (Å²) in [6, 6.07) is 14.2. The number of nitrogens with one attached hydrogen (secondary N) is 2. The summed E-state index contributed by atoms with van der Waals surface area (Å²) in [6.07, 6.45) is 0. The minimum absolute atomic E-state index is 0.0253. The highest BCUT2D eigenvalue weighted by Crippen LogP contribution is 2.23. The van der Waals surface area contributed by atoms with Crippen molar-refractivity contribution in [2.24, 2.45) is 0 Å². The lowest BCUT2D eigenvalue weighted by atomic mass is 10.2. The van der Waals surface area contributed by atoms with Crippen LogP contribution in [0.2, 0.25) is 0 Å². The SMILES string of the molecule is O=C(N[C@H](CSSC[C@@H](NC(=O)c1ccccc1)C(=O)O)C(=O)O)c1ccccc1. The van der Waals surface area contributed by atoms with Crippen LogP contribution in [-0.4, -0.2) is 57.6 Å². The van der Waals surface area contributed by atoms with Crippen LogP contribution in [0.1, 0.15) is 20.7 Å². The summed E-state index contributed by atoms with van der Waals surface area (Å²) in [7, 11) is 2.20. The number of carbonyl (C=O) groups is 4. The first-order valence-electron chi connectivity index (χ1n) is 8.80. The standard InChI is InChI=1S/C20H20N2O6S2/c23-17(13-7-3-1-4-8-13)21-15(19(25)26)11-29-30-12-16(20(27)28)22-18(24)14-9-5-2-6-10-14/h1-10,15-16H,11-12H2,(H,21,23)(H,22,24)(H,25,26)(H,27,28)/t15-,16-/m1/s1. The van der Waals surface area contributed by atoms with Gasteiger partial charge in [-0.05, 0) is 24.3 Å². The van der Waals surface area contributed by atoms with Crippen molar-refractivity contribution < 1.29 is 29.4 Å². The predicted molar refractivity (Wildman–Crippen MR) is 116 cm³/mol. The molecule has 0 aliphatic heterocycles. The van der Waals surface area contributed by atoms with Crippen LogP contribution in [0.5, 0.6) is 0 Å². The lowest BCUT2D eigenvalue weighted by molar-refractivity contribution is -0.139. The summed E-state index contributed by atoms with van der Waals surface area (Å²) in [6.45, 7) is 0. The Bertz CT molecular complexity index is 806. The van der Waals surface area contributed by atoms with Crippen molar-refractivity contribution in [1.82, 2.24) is 10.6 Å². The van der Waals surface area contributed by atoms with Crippen molar-refractivity contribution in [1.29, 1.82) is 0 Å². The third kappa shape index (κ3) is 7.45. The lowest BCUT2D eigenvalue weighted by Gasteiger charge is -2.16. The fourth-order valence-corrected chi connectivity index (χ4v) is 4.55. The molecular formula is C20H20N2O6S2. The summed E-state index contributed by atoms with van der Waals surface area (Å²) in [4.78, 5) is 47.1. The maximum absolute atomic E-state index is 12.1. The van der Waals surface area contributed by atoms with E-state index >= 15 is 0 Å². The van der Waals surface area contributed by atoms with Gasteiger partial charge in [-0.25, -0.2) is 9.59 Å². The fraction of sp³-hybridized carbons (Fsp3) is 0.200. The third-order valence-electron chi connectivity index (χ3n) is 3.83. The first-order valence-corrected chi connectivity index (χ1v) is 11.3. The Kier molecular flexibility index (Phi) is 9.23. The van der Waals surface area contributed by atoms with Gasteiger partial charge in [-0.1, -0.05) is 58.0 Å². The molecule has 2 atom stereocenters. The van der Waals surface area contributed by atoms with Crippen molar-refractivity contribution in [3.8, 4) is 0 Å². The van der Waals surface area contributed by atoms with Crippen molar-refractivity contribution >= 4 is 45.3 Å². The molecule has 0 heterocycles. The Morgan fingerprint density at radius 3 is 1.30 bits per heavy atom. The van der Waals surface area contributed by atoms with Gasteiger partial charge >= 0.3 is 11.9 Å². The zero-order valence-electron chi connectivity index (χ0n) is 15.7. The number of benzene rings is 2. The van der Waals surface area contributed by atoms with Crippen LogP contribution < -0.4 is 10.6 Å². The van der Waals surface area contributed by atoms with E-state index < -0.39 is 35.8 Å². The van der Waals surface area contributed by atoms with Gasteiger partial charge < -0.3 is 20.8 Å². The average molecular weight is 449 g/mol. The highest BCUT2D eigenvalue weighted by Gasteiger charge is 2.23. The molecule has 0 aliphatic rings. The summed E-state index contributed by atoms with van der Waals surface area (Å²) in [5.74, 6) is -3.35. The van der Waals surface area contributed by atoms with Gasteiger partial charge in [-0.2, -0.15) is 0 Å². The molecule has 0 spiro atoms. The number of rotatable bonds is 11. The number of aliphatic carboxylic acids is 2. The monoisotopic (exact) mass is 448 g/mol. The van der Waals surface area contributed by atoms with E-state index in [1.165, 1.54) is 0 Å². The Morgan fingerprint density at radius 1 is 0.667 bits per heavy atom. The predicted octanol–water partition coefficient (Wildman–Crippen LogP) is 2.13. The summed E-state index contributed by atoms with van der Waals surface area (Å²) in [5, 5.41) is 23.5. The molecule has 0 aromatic heterocycles. The maximum Gasteiger partial charge on any atom is 0.327 e. The molecule has 4 N–H and O–H groups in total. The minimum atomic E-state index is -1.19. The van der Waals surface area contributed by atoms with Gasteiger partial charge in [-0.3, -0.25) is 9.59 Å². The molecule has 158 valence electrons. The van der Waals surface area contributed by atoms with Crippen LogP contribution in [-0.2, 0) is 9.59 Å². The molecule has 2 aromatic carbocycles. The van der Waals surface area contributed by atoms with Gasteiger partial charge in [0, 0.05) is 22.6 Å². The summed E-state index contributed by atoms with van der Waals surface area (Å²) in [5.41, 5.74) is 0.687. The quantitative estimate of drug-likeness (QED) is 0.304. The van der Waals surface area contributed by atoms with Crippen molar-refractivity contribution in [2.75, 3.05) is 11.5 Å². The number of hydrogen-bond acceptors (Lipinski definition) is 6. The molecule has 30 heavy (non-hydrogen) atoms. The van der Waals surface area contributed by atoms with Crippen molar-refractivity contribution in [3.63, 3.8) is 0 Å². The zero-order valence-corrected chi connectivity index (χ0v) is 17.3. The molecule has 2 aromatic rings. The van der Waals surface area contributed by atoms with Crippen LogP contribution in [0.25, 0.3) is 0 Å². The van der Waals surface area contributed by atoms with Crippen LogP contribution in [0.4, 0.5) is 0 Å². The van der Waals surface area contributed by atoms with E-state index in [1.54, 1.807) is 60.7 Å². The van der Waals surface area contributed by atoms with Gasteiger partial charge in [0.25, 0.3) is 11.8 Å². The van der Waals surface area contributed by atoms with Crippen LogP contribution in [0, 0.1) is 0 Å². The Morgan fingerprint density at radius 2 is 1.00 bits per heavy atom. The highest BCUT2D eigenvalue weighted by molar-refractivity contribution is 8.76. The van der Waals surface area contributed by atoms with Crippen molar-refractivity contribution in [3.05, 3.63) is 71.8 Å².